The molecule has 6 rings (SSSR count). The van der Waals surface area contributed by atoms with Crippen LogP contribution in [-0.4, -0.2) is 16.1 Å². The van der Waals surface area contributed by atoms with E-state index in [0.717, 1.165) is 29.4 Å². The number of carboxylic acid groups (broad SMARTS) is 1. The summed E-state index contributed by atoms with van der Waals surface area (Å²) in [6.45, 7) is 4.69. The van der Waals surface area contributed by atoms with Crippen molar-refractivity contribution in [3.63, 3.8) is 0 Å². The van der Waals surface area contributed by atoms with Crippen molar-refractivity contribution >= 4 is 38.4 Å². The third-order valence-electron chi connectivity index (χ3n) is 7.42. The Morgan fingerprint density at radius 2 is 1.67 bits per heavy atom. The van der Waals surface area contributed by atoms with Gasteiger partial charge in [-0.2, -0.15) is 0 Å². The van der Waals surface area contributed by atoms with Crippen molar-refractivity contribution in [2.24, 2.45) is 0 Å². The number of nitrogens with zero attached hydrogens (tertiary/aromatic N) is 1. The molecule has 0 aliphatic heterocycles. The van der Waals surface area contributed by atoms with Crippen molar-refractivity contribution in [2.45, 2.75) is 38.0 Å². The highest BCUT2D eigenvalue weighted by Gasteiger charge is 2.35. The molecule has 4 aromatic carbocycles. The number of carbonyl (C=O) groups is 1. The van der Waals surface area contributed by atoms with Gasteiger partial charge in [0.15, 0.2) is 0 Å². The number of hydrogen-bond donors (Lipinski definition) is 1. The Morgan fingerprint density at radius 1 is 0.879 bits per heavy atom. The zero-order chi connectivity index (χ0) is 22.7. The van der Waals surface area contributed by atoms with E-state index in [4.69, 9.17) is 4.98 Å². The molecule has 0 amide bonds. The van der Waals surface area contributed by atoms with Crippen molar-refractivity contribution in [1.82, 2.24) is 4.98 Å². The van der Waals surface area contributed by atoms with E-state index in [-0.39, 0.29) is 11.3 Å². The van der Waals surface area contributed by atoms with Crippen molar-refractivity contribution in [2.75, 3.05) is 0 Å². The molecule has 33 heavy (non-hydrogen) atoms. The van der Waals surface area contributed by atoms with Gasteiger partial charge in [-0.3, -0.25) is 4.98 Å². The Balaban J connectivity index is 1.59. The second-order valence-electron chi connectivity index (χ2n) is 9.83. The molecule has 3 heteroatoms. The normalized spacial score (nSPS) is 17.3. The number of carboxylic acids is 1. The number of aromatic nitrogens is 1. The summed E-state index contributed by atoms with van der Waals surface area (Å²) >= 11 is 0. The van der Waals surface area contributed by atoms with E-state index in [9.17, 15) is 9.90 Å². The van der Waals surface area contributed by atoms with Crippen molar-refractivity contribution < 1.29 is 9.90 Å². The summed E-state index contributed by atoms with van der Waals surface area (Å²) < 4.78 is 0. The standard InChI is InChI=1S/C30H25NO2/c1-30(2)16-15-24(27-14-8-19-17-20(29(32)33)9-13-26(19)31-27)28-23-10-7-18-5-3-4-6-21(18)22(23)11-12-25(28)30/h3-14,17,24H,15-16H2,1-2H3,(H,32,33). The Morgan fingerprint density at radius 3 is 2.52 bits per heavy atom. The zero-order valence-corrected chi connectivity index (χ0v) is 18.8. The lowest BCUT2D eigenvalue weighted by Gasteiger charge is -2.38. The van der Waals surface area contributed by atoms with Crippen LogP contribution in [0.15, 0.2) is 78.9 Å². The molecule has 1 N–H and O–H groups in total. The fourth-order valence-electron chi connectivity index (χ4n) is 5.63. The molecular weight excluding hydrogens is 406 g/mol. The van der Waals surface area contributed by atoms with E-state index in [1.807, 2.05) is 12.1 Å². The molecule has 1 aliphatic carbocycles. The van der Waals surface area contributed by atoms with E-state index >= 15 is 0 Å². The molecule has 1 aromatic heterocycles. The summed E-state index contributed by atoms with van der Waals surface area (Å²) in [6.07, 6.45) is 2.14. The van der Waals surface area contributed by atoms with Crippen LogP contribution in [0.1, 0.15) is 59.8 Å². The minimum Gasteiger partial charge on any atom is -0.478 e. The number of benzene rings is 4. The highest BCUT2D eigenvalue weighted by atomic mass is 16.4. The van der Waals surface area contributed by atoms with Crippen LogP contribution in [0, 0.1) is 0 Å². The topological polar surface area (TPSA) is 50.2 Å². The van der Waals surface area contributed by atoms with Crippen LogP contribution < -0.4 is 0 Å². The molecule has 5 aromatic rings. The maximum Gasteiger partial charge on any atom is 0.335 e. The van der Waals surface area contributed by atoms with Gasteiger partial charge in [0.2, 0.25) is 0 Å². The number of rotatable bonds is 2. The van der Waals surface area contributed by atoms with Gasteiger partial charge in [0, 0.05) is 17.0 Å². The molecular formula is C30H25NO2. The highest BCUT2D eigenvalue weighted by molar-refractivity contribution is 6.09. The fourth-order valence-corrected chi connectivity index (χ4v) is 5.63. The first-order chi connectivity index (χ1) is 15.9. The van der Waals surface area contributed by atoms with Crippen LogP contribution in [0.5, 0.6) is 0 Å². The first-order valence-electron chi connectivity index (χ1n) is 11.5. The maximum absolute atomic E-state index is 11.4. The van der Waals surface area contributed by atoms with Crippen LogP contribution in [0.25, 0.3) is 32.4 Å². The van der Waals surface area contributed by atoms with Gasteiger partial charge in [-0.1, -0.05) is 68.4 Å². The summed E-state index contributed by atoms with van der Waals surface area (Å²) in [5.41, 5.74) is 5.10. The van der Waals surface area contributed by atoms with E-state index in [0.29, 0.717) is 5.56 Å². The monoisotopic (exact) mass is 431 g/mol. The quantitative estimate of drug-likeness (QED) is 0.295. The Labute approximate surface area is 192 Å². The Kier molecular flexibility index (Phi) is 4.31. The number of aromatic carboxylic acids is 1. The molecule has 1 aliphatic rings. The SMILES string of the molecule is CC1(C)CCC(c2ccc3cc(C(=O)O)ccc3n2)c2c1ccc1c2ccc2ccccc21. The molecule has 3 nitrogen and oxygen atoms in total. The minimum atomic E-state index is -0.914. The van der Waals surface area contributed by atoms with Crippen molar-refractivity contribution in [3.8, 4) is 0 Å². The van der Waals surface area contributed by atoms with Gasteiger partial charge in [-0.05, 0) is 75.2 Å². The van der Waals surface area contributed by atoms with Gasteiger partial charge < -0.3 is 5.11 Å². The van der Waals surface area contributed by atoms with Crippen LogP contribution in [0.4, 0.5) is 0 Å². The molecule has 0 spiro atoms. The third-order valence-corrected chi connectivity index (χ3v) is 7.42. The minimum absolute atomic E-state index is 0.110. The van der Waals surface area contributed by atoms with Crippen molar-refractivity contribution in [3.05, 3.63) is 101 Å². The number of hydrogen-bond acceptors (Lipinski definition) is 2. The average Bonchev–Trinajstić information content (AvgIpc) is 2.83. The second-order valence-corrected chi connectivity index (χ2v) is 9.83. The third kappa shape index (κ3) is 3.11. The smallest absolute Gasteiger partial charge is 0.335 e. The summed E-state index contributed by atoms with van der Waals surface area (Å²) in [5, 5.41) is 15.3. The summed E-state index contributed by atoms with van der Waals surface area (Å²) in [6, 6.07) is 27.0. The molecule has 1 heterocycles. The Bertz CT molecular complexity index is 1580. The van der Waals surface area contributed by atoms with Gasteiger partial charge in [-0.25, -0.2) is 4.79 Å². The van der Waals surface area contributed by atoms with Gasteiger partial charge in [0.1, 0.15) is 0 Å². The van der Waals surface area contributed by atoms with Crippen molar-refractivity contribution in [1.29, 1.82) is 0 Å². The van der Waals surface area contributed by atoms with Gasteiger partial charge in [-0.15, -0.1) is 0 Å². The van der Waals surface area contributed by atoms with Crippen LogP contribution in [-0.2, 0) is 5.41 Å². The van der Waals surface area contributed by atoms with Crippen LogP contribution in [0.2, 0.25) is 0 Å². The summed E-state index contributed by atoms with van der Waals surface area (Å²) in [5.74, 6) is -0.704. The van der Waals surface area contributed by atoms with E-state index in [1.54, 1.807) is 12.1 Å². The molecule has 0 saturated heterocycles. The van der Waals surface area contributed by atoms with E-state index in [1.165, 1.54) is 32.7 Å². The summed E-state index contributed by atoms with van der Waals surface area (Å²) in [4.78, 5) is 16.4. The molecule has 0 bridgehead atoms. The van der Waals surface area contributed by atoms with E-state index in [2.05, 4.69) is 68.4 Å². The lowest BCUT2D eigenvalue weighted by molar-refractivity contribution is 0.0697. The molecule has 1 atom stereocenters. The van der Waals surface area contributed by atoms with Gasteiger partial charge in [0.05, 0.1) is 11.1 Å². The Hall–Kier alpha value is -3.72. The first kappa shape index (κ1) is 19.9. The second kappa shape index (κ2) is 7.14. The summed E-state index contributed by atoms with van der Waals surface area (Å²) in [7, 11) is 0. The molecule has 0 saturated carbocycles. The predicted octanol–water partition coefficient (Wildman–Crippen LogP) is 7.44. The lowest BCUT2D eigenvalue weighted by atomic mass is 9.66. The highest BCUT2D eigenvalue weighted by Crippen LogP contribution is 2.48. The molecule has 1 unspecified atom stereocenters. The zero-order valence-electron chi connectivity index (χ0n) is 18.8. The first-order valence-corrected chi connectivity index (χ1v) is 11.5. The molecule has 0 fully saturated rings. The lowest BCUT2D eigenvalue weighted by Crippen LogP contribution is -2.27. The van der Waals surface area contributed by atoms with Gasteiger partial charge in [0.25, 0.3) is 0 Å². The average molecular weight is 432 g/mol. The number of fused-ring (bicyclic) bond motifs is 6. The molecule has 162 valence electrons. The van der Waals surface area contributed by atoms with Gasteiger partial charge >= 0.3 is 5.97 Å². The van der Waals surface area contributed by atoms with Crippen LogP contribution >= 0.6 is 0 Å². The fraction of sp³-hybridized carbons (Fsp3) is 0.200. The van der Waals surface area contributed by atoms with E-state index < -0.39 is 5.97 Å². The largest absolute Gasteiger partial charge is 0.478 e. The number of pyridine rings is 1. The predicted molar refractivity (Wildman–Crippen MR) is 134 cm³/mol. The molecule has 0 radical (unpaired) electrons. The van der Waals surface area contributed by atoms with Crippen LogP contribution in [0.3, 0.4) is 0 Å². The maximum atomic E-state index is 11.4.